The lowest BCUT2D eigenvalue weighted by molar-refractivity contribution is -0.136. The van der Waals surface area contributed by atoms with Gasteiger partial charge in [0.05, 0.1) is 12.0 Å². The van der Waals surface area contributed by atoms with Crippen LogP contribution in [-0.4, -0.2) is 57.3 Å². The molecule has 3 N–H and O–H groups in total. The van der Waals surface area contributed by atoms with E-state index in [4.69, 9.17) is 9.88 Å². The molecule has 198 valence electrons. The molecule has 0 fully saturated rings. The topological polar surface area (TPSA) is 124 Å². The Balaban J connectivity index is 1.95. The van der Waals surface area contributed by atoms with Crippen LogP contribution < -0.4 is 9.88 Å². The highest BCUT2D eigenvalue weighted by molar-refractivity contribution is 7.97. The molecule has 0 saturated heterocycles. The van der Waals surface area contributed by atoms with Crippen LogP contribution in [0.3, 0.4) is 0 Å². The third-order valence-electron chi connectivity index (χ3n) is 5.82. The predicted octanol–water partition coefficient (Wildman–Crippen LogP) is 4.32. The maximum absolute atomic E-state index is 14.5. The maximum Gasteiger partial charge on any atom is 0.307 e. The highest BCUT2D eigenvalue weighted by Crippen LogP contribution is 2.33. The lowest BCUT2D eigenvalue weighted by Gasteiger charge is -2.27. The number of benzene rings is 1. The van der Waals surface area contributed by atoms with Gasteiger partial charge in [-0.1, -0.05) is 13.8 Å². The first-order chi connectivity index (χ1) is 17.3. The summed E-state index contributed by atoms with van der Waals surface area (Å²) in [6, 6.07) is 7.69. The van der Waals surface area contributed by atoms with Gasteiger partial charge in [0.25, 0.3) is 5.91 Å². The van der Waals surface area contributed by atoms with Crippen molar-refractivity contribution in [3.63, 3.8) is 0 Å². The van der Waals surface area contributed by atoms with Crippen LogP contribution in [0.4, 0.5) is 4.39 Å². The smallest absolute Gasteiger partial charge is 0.307 e. The number of nitrogens with zero attached hydrogens (tertiary/aromatic N) is 4. The standard InChI is InChI=1S/C26H32FN5O4S/c1-15(2)18-10-17(27)11-19(20(18)12-24(33)34)16-7-8-29-22(9-16)36-14-26(3,4)32-21(25(35)31(5)6)13-23(30-32)37-28/h7-11,13,15H,12,14,28H2,1-6H3,(H,33,34). The molecule has 9 nitrogen and oxygen atoms in total. The van der Waals surface area contributed by atoms with Gasteiger partial charge < -0.3 is 14.7 Å². The zero-order valence-electron chi connectivity index (χ0n) is 21.8. The minimum atomic E-state index is -1.00. The largest absolute Gasteiger partial charge is 0.481 e. The summed E-state index contributed by atoms with van der Waals surface area (Å²) in [7, 11) is 3.31. The van der Waals surface area contributed by atoms with Gasteiger partial charge >= 0.3 is 5.97 Å². The first-order valence-electron chi connectivity index (χ1n) is 11.7. The van der Waals surface area contributed by atoms with Crippen LogP contribution in [0.5, 0.6) is 5.88 Å². The van der Waals surface area contributed by atoms with Crippen molar-refractivity contribution in [1.29, 1.82) is 0 Å². The number of nitrogens with two attached hydrogens (primary N) is 1. The van der Waals surface area contributed by atoms with Crippen molar-refractivity contribution in [2.24, 2.45) is 5.14 Å². The van der Waals surface area contributed by atoms with E-state index in [1.165, 1.54) is 23.2 Å². The van der Waals surface area contributed by atoms with E-state index in [1.807, 2.05) is 27.7 Å². The van der Waals surface area contributed by atoms with Crippen molar-refractivity contribution in [2.45, 2.75) is 50.6 Å². The number of pyridine rings is 1. The van der Waals surface area contributed by atoms with Crippen molar-refractivity contribution in [3.05, 3.63) is 59.2 Å². The van der Waals surface area contributed by atoms with Crippen LogP contribution in [0.1, 0.15) is 55.2 Å². The summed E-state index contributed by atoms with van der Waals surface area (Å²) >= 11 is 0.944. The maximum atomic E-state index is 14.5. The number of aromatic nitrogens is 3. The Morgan fingerprint density at radius 1 is 1.24 bits per heavy atom. The molecule has 0 saturated carbocycles. The van der Waals surface area contributed by atoms with Gasteiger partial charge in [-0.05, 0) is 72.2 Å². The molecule has 2 heterocycles. The van der Waals surface area contributed by atoms with Crippen LogP contribution in [-0.2, 0) is 16.8 Å². The average molecular weight is 530 g/mol. The van der Waals surface area contributed by atoms with Gasteiger partial charge in [0.1, 0.15) is 23.1 Å². The van der Waals surface area contributed by atoms with Crippen LogP contribution >= 0.6 is 11.9 Å². The summed E-state index contributed by atoms with van der Waals surface area (Å²) in [5, 5.41) is 20.1. The van der Waals surface area contributed by atoms with E-state index in [1.54, 1.807) is 37.0 Å². The molecule has 0 unspecified atom stereocenters. The fourth-order valence-electron chi connectivity index (χ4n) is 4.01. The quantitative estimate of drug-likeness (QED) is 0.372. The minimum Gasteiger partial charge on any atom is -0.481 e. The molecule has 0 bridgehead atoms. The van der Waals surface area contributed by atoms with E-state index >= 15 is 0 Å². The predicted molar refractivity (Wildman–Crippen MR) is 140 cm³/mol. The number of carbonyl (C=O) groups excluding carboxylic acids is 1. The molecular formula is C26H32FN5O4S. The summed E-state index contributed by atoms with van der Waals surface area (Å²) in [5.74, 6) is -1.47. The van der Waals surface area contributed by atoms with Crippen LogP contribution in [0.2, 0.25) is 0 Å². The molecule has 3 rings (SSSR count). The molecule has 11 heteroatoms. The minimum absolute atomic E-state index is 0.0631. The van der Waals surface area contributed by atoms with Crippen LogP contribution in [0, 0.1) is 5.82 Å². The molecule has 2 aromatic heterocycles. The molecule has 1 amide bonds. The van der Waals surface area contributed by atoms with E-state index in [-0.39, 0.29) is 30.7 Å². The van der Waals surface area contributed by atoms with Crippen molar-refractivity contribution in [2.75, 3.05) is 20.7 Å². The van der Waals surface area contributed by atoms with Crippen LogP contribution in [0.25, 0.3) is 11.1 Å². The van der Waals surface area contributed by atoms with Crippen molar-refractivity contribution < 1.29 is 23.8 Å². The Bertz CT molecular complexity index is 1310. The third kappa shape index (κ3) is 6.47. The lowest BCUT2D eigenvalue weighted by Crippen LogP contribution is -2.38. The molecule has 0 aliphatic heterocycles. The SMILES string of the molecule is CC(C)c1cc(F)cc(-c2ccnc(OCC(C)(C)n3nc(SN)cc3C(=O)N(C)C)c2)c1CC(=O)O. The molecule has 0 spiro atoms. The Kier molecular flexibility index (Phi) is 8.60. The molecule has 0 atom stereocenters. The first kappa shape index (κ1) is 28.1. The fraction of sp³-hybridized carbons (Fsp3) is 0.385. The average Bonchev–Trinajstić information content (AvgIpc) is 3.28. The molecule has 0 aliphatic rings. The first-order valence-corrected chi connectivity index (χ1v) is 12.5. The number of ether oxygens (including phenoxy) is 1. The van der Waals surface area contributed by atoms with E-state index < -0.39 is 17.3 Å². The number of carboxylic acid groups (broad SMARTS) is 1. The van der Waals surface area contributed by atoms with Crippen molar-refractivity contribution in [1.82, 2.24) is 19.7 Å². The summed E-state index contributed by atoms with van der Waals surface area (Å²) < 4.78 is 22.1. The van der Waals surface area contributed by atoms with Gasteiger partial charge in [0.15, 0.2) is 0 Å². The summed E-state index contributed by atoms with van der Waals surface area (Å²) in [4.78, 5) is 30.0. The van der Waals surface area contributed by atoms with Crippen molar-refractivity contribution >= 4 is 23.8 Å². The normalized spacial score (nSPS) is 11.6. The number of halogens is 1. The summed E-state index contributed by atoms with van der Waals surface area (Å²) in [6.45, 7) is 7.63. The molecule has 0 radical (unpaired) electrons. The molecule has 0 aliphatic carbocycles. The Morgan fingerprint density at radius 2 is 1.95 bits per heavy atom. The van der Waals surface area contributed by atoms with Gasteiger partial charge in [0, 0.05) is 32.4 Å². The second kappa shape index (κ2) is 11.3. The molecule has 3 aromatic rings. The van der Waals surface area contributed by atoms with E-state index in [9.17, 15) is 19.1 Å². The second-order valence-electron chi connectivity index (χ2n) is 9.83. The van der Waals surface area contributed by atoms with E-state index in [0.717, 1.165) is 11.9 Å². The van der Waals surface area contributed by atoms with Gasteiger partial charge in [-0.15, -0.1) is 0 Å². The summed E-state index contributed by atoms with van der Waals surface area (Å²) in [5.41, 5.74) is 1.87. The van der Waals surface area contributed by atoms with Crippen LogP contribution in [0.15, 0.2) is 41.6 Å². The number of carbonyl (C=O) groups is 2. The number of rotatable bonds is 10. The van der Waals surface area contributed by atoms with Crippen molar-refractivity contribution in [3.8, 4) is 17.0 Å². The van der Waals surface area contributed by atoms with E-state index in [2.05, 4.69) is 10.1 Å². The van der Waals surface area contributed by atoms with Gasteiger partial charge in [-0.3, -0.25) is 14.7 Å². The Hall–Kier alpha value is -3.44. The number of hydrogen-bond acceptors (Lipinski definition) is 7. The van der Waals surface area contributed by atoms with E-state index in [0.29, 0.717) is 33.0 Å². The second-order valence-corrected chi connectivity index (χ2v) is 10.5. The molecule has 37 heavy (non-hydrogen) atoms. The van der Waals surface area contributed by atoms with Gasteiger partial charge in [0.2, 0.25) is 5.88 Å². The zero-order valence-corrected chi connectivity index (χ0v) is 22.6. The highest BCUT2D eigenvalue weighted by atomic mass is 32.2. The zero-order chi connectivity index (χ0) is 27.5. The number of amides is 1. The number of aliphatic carboxylic acids is 1. The van der Waals surface area contributed by atoms with Gasteiger partial charge in [-0.2, -0.15) is 5.10 Å². The number of hydrogen-bond donors (Lipinski definition) is 2. The molecule has 1 aromatic carbocycles. The highest BCUT2D eigenvalue weighted by Gasteiger charge is 2.30. The summed E-state index contributed by atoms with van der Waals surface area (Å²) in [6.07, 6.45) is 1.29. The monoisotopic (exact) mass is 529 g/mol. The fourth-order valence-corrected chi connectivity index (χ4v) is 4.31. The Labute approximate surface area is 220 Å². The third-order valence-corrected chi connectivity index (χ3v) is 6.27. The number of carboxylic acids is 1. The lowest BCUT2D eigenvalue weighted by atomic mass is 9.88. The Morgan fingerprint density at radius 3 is 2.54 bits per heavy atom. The van der Waals surface area contributed by atoms with Gasteiger partial charge in [-0.25, -0.2) is 14.1 Å². The molecular weight excluding hydrogens is 497 g/mol.